The zero-order valence-electron chi connectivity index (χ0n) is 21.6. The van der Waals surface area contributed by atoms with Crippen LogP contribution in [0.1, 0.15) is 54.7 Å². The van der Waals surface area contributed by atoms with E-state index in [4.69, 9.17) is 16.3 Å². The van der Waals surface area contributed by atoms with E-state index in [-0.39, 0.29) is 29.2 Å². The molecule has 0 unspecified atom stereocenters. The molecule has 0 radical (unpaired) electrons. The third kappa shape index (κ3) is 5.10. The van der Waals surface area contributed by atoms with Crippen LogP contribution in [0, 0.1) is 0 Å². The number of fused-ring (bicyclic) bond motifs is 1. The highest BCUT2D eigenvalue weighted by Crippen LogP contribution is 2.41. The summed E-state index contributed by atoms with van der Waals surface area (Å²) in [5.74, 6) is -1.21. The lowest BCUT2D eigenvalue weighted by atomic mass is 9.87. The maximum absolute atomic E-state index is 13.6. The summed E-state index contributed by atoms with van der Waals surface area (Å²) in [6.07, 6.45) is -3.72. The van der Waals surface area contributed by atoms with E-state index in [9.17, 15) is 32.3 Å². The summed E-state index contributed by atoms with van der Waals surface area (Å²) in [6, 6.07) is 8.10. The average molecular weight is 564 g/mol. The normalized spacial score (nSPS) is 14.3. The molecule has 0 fully saturated rings. The summed E-state index contributed by atoms with van der Waals surface area (Å²) in [5, 5.41) is -0.666. The Hall–Kier alpha value is -3.86. The van der Waals surface area contributed by atoms with Gasteiger partial charge in [-0.2, -0.15) is 13.2 Å². The summed E-state index contributed by atoms with van der Waals surface area (Å²) in [7, 11) is 0. The summed E-state index contributed by atoms with van der Waals surface area (Å²) >= 11 is 6.02. The number of amides is 1. The van der Waals surface area contributed by atoms with Crippen LogP contribution in [0.5, 0.6) is 0 Å². The predicted octanol–water partition coefficient (Wildman–Crippen LogP) is 4.54. The number of alkyl halides is 3. The van der Waals surface area contributed by atoms with Crippen molar-refractivity contribution in [2.24, 2.45) is 0 Å². The molecular weight excluding hydrogens is 539 g/mol. The van der Waals surface area contributed by atoms with E-state index in [0.29, 0.717) is 16.8 Å². The number of rotatable bonds is 5. The number of aromatic nitrogens is 2. The van der Waals surface area contributed by atoms with Gasteiger partial charge in [0, 0.05) is 30.8 Å². The minimum absolute atomic E-state index is 0.0572. The van der Waals surface area contributed by atoms with Crippen molar-refractivity contribution in [3.63, 3.8) is 0 Å². The summed E-state index contributed by atoms with van der Waals surface area (Å²) < 4.78 is 46.9. The molecule has 2 heterocycles. The van der Waals surface area contributed by atoms with E-state index in [1.807, 2.05) is 13.8 Å². The summed E-state index contributed by atoms with van der Waals surface area (Å²) in [4.78, 5) is 53.4. The number of hydrogen-bond acceptors (Lipinski definition) is 5. The molecule has 0 saturated heterocycles. The first-order chi connectivity index (χ1) is 18.2. The van der Waals surface area contributed by atoms with Gasteiger partial charge in [-0.15, -0.1) is 0 Å². The van der Waals surface area contributed by atoms with Gasteiger partial charge >= 0.3 is 17.8 Å². The Balaban J connectivity index is 1.94. The fourth-order valence-corrected chi connectivity index (χ4v) is 4.97. The molecule has 39 heavy (non-hydrogen) atoms. The third-order valence-electron chi connectivity index (χ3n) is 6.59. The Morgan fingerprint density at radius 3 is 2.44 bits per heavy atom. The van der Waals surface area contributed by atoms with Crippen molar-refractivity contribution in [1.29, 1.82) is 0 Å². The number of anilines is 1. The van der Waals surface area contributed by atoms with Gasteiger partial charge in [0.05, 0.1) is 29.4 Å². The second-order valence-electron chi connectivity index (χ2n) is 9.77. The second kappa shape index (κ2) is 10.0. The molecular formula is C27H25ClF3N3O5. The number of halogens is 4. The molecule has 0 spiro atoms. The smallest absolute Gasteiger partial charge is 0.417 e. The van der Waals surface area contributed by atoms with Crippen molar-refractivity contribution in [1.82, 2.24) is 9.13 Å². The molecule has 4 rings (SSSR count). The van der Waals surface area contributed by atoms with E-state index < -0.39 is 46.1 Å². The van der Waals surface area contributed by atoms with Crippen LogP contribution in [0.4, 0.5) is 18.9 Å². The average Bonchev–Trinajstić information content (AvgIpc) is 3.12. The number of carbonyl (C=O) groups is 2. The Kier molecular flexibility index (Phi) is 7.24. The number of nitrogens with zero attached hydrogens (tertiary/aromatic N) is 3. The Labute approximate surface area is 226 Å². The number of hydrogen-bond donors (Lipinski definition) is 0. The molecule has 0 bridgehead atoms. The molecule has 8 nitrogen and oxygen atoms in total. The van der Waals surface area contributed by atoms with Crippen LogP contribution in [0.25, 0.3) is 5.69 Å². The van der Waals surface area contributed by atoms with Gasteiger partial charge in [-0.05, 0) is 36.2 Å². The lowest BCUT2D eigenvalue weighted by Gasteiger charge is -2.19. The molecule has 1 aliphatic rings. The molecule has 0 N–H and O–H groups in total. The van der Waals surface area contributed by atoms with E-state index in [1.54, 1.807) is 23.1 Å². The fraction of sp³-hybridized carbons (Fsp3) is 0.333. The molecule has 0 atom stereocenters. The third-order valence-corrected chi connectivity index (χ3v) is 7.04. The van der Waals surface area contributed by atoms with Crippen LogP contribution in [-0.4, -0.2) is 34.2 Å². The zero-order valence-corrected chi connectivity index (χ0v) is 22.3. The monoisotopic (exact) mass is 563 g/mol. The van der Waals surface area contributed by atoms with Crippen molar-refractivity contribution in [2.45, 2.75) is 45.8 Å². The van der Waals surface area contributed by atoms with Crippen LogP contribution in [0.2, 0.25) is 5.02 Å². The van der Waals surface area contributed by atoms with Crippen LogP contribution in [0.15, 0.2) is 52.2 Å². The lowest BCUT2D eigenvalue weighted by molar-refractivity contribution is -0.137. The van der Waals surface area contributed by atoms with Crippen LogP contribution >= 0.6 is 11.6 Å². The number of benzene rings is 2. The summed E-state index contributed by atoms with van der Waals surface area (Å²) in [5.41, 5.74) is -2.43. The predicted molar refractivity (Wildman–Crippen MR) is 139 cm³/mol. The Morgan fingerprint density at radius 1 is 1.13 bits per heavy atom. The maximum atomic E-state index is 13.6. The maximum Gasteiger partial charge on any atom is 0.417 e. The topological polar surface area (TPSA) is 90.6 Å². The largest absolute Gasteiger partial charge is 0.462 e. The van der Waals surface area contributed by atoms with Crippen molar-refractivity contribution < 1.29 is 27.5 Å². The van der Waals surface area contributed by atoms with Gasteiger partial charge in [0.2, 0.25) is 5.91 Å². The standard InChI is InChI=1S/C27H25ClF3N3O5/c1-5-39-24(37)18-13-32(17-9-10-19-21(11-17)34(15(2)35)14-26(19,3)4)25(38)33(23(18)36)12-16-7-6-8-20(22(16)28)27(29,30)31/h6-11,13H,5,12,14H2,1-4H3. The molecule has 0 saturated carbocycles. The first-order valence-electron chi connectivity index (χ1n) is 12.0. The van der Waals surface area contributed by atoms with Gasteiger partial charge in [-0.1, -0.05) is 43.6 Å². The van der Waals surface area contributed by atoms with E-state index >= 15 is 0 Å². The minimum Gasteiger partial charge on any atom is -0.462 e. The SMILES string of the molecule is CCOC(=O)c1cn(-c2ccc3c(c2)N(C(C)=O)CC3(C)C)c(=O)n(Cc2cccc(C(F)(F)F)c2Cl)c1=O. The fourth-order valence-electron chi connectivity index (χ4n) is 4.68. The van der Waals surface area contributed by atoms with Gasteiger partial charge in [-0.25, -0.2) is 9.59 Å². The van der Waals surface area contributed by atoms with Crippen molar-refractivity contribution >= 4 is 29.2 Å². The van der Waals surface area contributed by atoms with E-state index in [0.717, 1.165) is 28.5 Å². The van der Waals surface area contributed by atoms with Gasteiger partial charge in [-0.3, -0.25) is 18.7 Å². The molecule has 2 aromatic carbocycles. The molecule has 206 valence electrons. The van der Waals surface area contributed by atoms with Crippen LogP contribution in [-0.2, 0) is 27.7 Å². The van der Waals surface area contributed by atoms with Gasteiger partial charge in [0.1, 0.15) is 5.56 Å². The van der Waals surface area contributed by atoms with Crippen molar-refractivity contribution in [3.8, 4) is 5.69 Å². The van der Waals surface area contributed by atoms with Crippen LogP contribution < -0.4 is 16.1 Å². The zero-order chi connectivity index (χ0) is 28.9. The Morgan fingerprint density at radius 2 is 1.82 bits per heavy atom. The first-order valence-corrected chi connectivity index (χ1v) is 12.4. The van der Waals surface area contributed by atoms with Gasteiger partial charge < -0.3 is 9.64 Å². The van der Waals surface area contributed by atoms with Crippen molar-refractivity contribution in [3.05, 3.63) is 90.7 Å². The van der Waals surface area contributed by atoms with Crippen LogP contribution in [0.3, 0.4) is 0 Å². The highest BCUT2D eigenvalue weighted by molar-refractivity contribution is 6.32. The quantitative estimate of drug-likeness (QED) is 0.425. The molecule has 1 aromatic heterocycles. The van der Waals surface area contributed by atoms with Gasteiger partial charge in [0.15, 0.2) is 0 Å². The minimum atomic E-state index is -4.76. The number of esters is 1. The van der Waals surface area contributed by atoms with E-state index in [1.165, 1.54) is 19.9 Å². The lowest BCUT2D eigenvalue weighted by Crippen LogP contribution is -2.42. The number of carbonyl (C=O) groups excluding carboxylic acids is 2. The first kappa shape index (κ1) is 28.2. The second-order valence-corrected chi connectivity index (χ2v) is 10.2. The molecule has 0 aliphatic carbocycles. The van der Waals surface area contributed by atoms with E-state index in [2.05, 4.69) is 0 Å². The highest BCUT2D eigenvalue weighted by Gasteiger charge is 2.37. The van der Waals surface area contributed by atoms with Gasteiger partial charge in [0.25, 0.3) is 5.56 Å². The molecule has 12 heteroatoms. The molecule has 1 amide bonds. The molecule has 1 aliphatic heterocycles. The summed E-state index contributed by atoms with van der Waals surface area (Å²) in [6.45, 7) is 6.62. The number of ether oxygens (including phenoxy) is 1. The highest BCUT2D eigenvalue weighted by atomic mass is 35.5. The Bertz CT molecular complexity index is 1610. The van der Waals surface area contributed by atoms with Crippen molar-refractivity contribution in [2.75, 3.05) is 18.1 Å². The molecule has 3 aromatic rings.